The molecule has 31 heavy (non-hydrogen) atoms. The zero-order valence-corrected chi connectivity index (χ0v) is 17.9. The lowest BCUT2D eigenvalue weighted by molar-refractivity contribution is 0.0706. The summed E-state index contributed by atoms with van der Waals surface area (Å²) in [7, 11) is 1.51. The SMILES string of the molecule is CCN(CC)CCN1C(=O)c2oc3cc(OC)ccc3c(=O)c2C1c1ccccc1F. The van der Waals surface area contributed by atoms with Gasteiger partial charge in [-0.1, -0.05) is 32.0 Å². The lowest BCUT2D eigenvalue weighted by atomic mass is 9.98. The number of carbonyl (C=O) groups is 1. The number of hydrogen-bond donors (Lipinski definition) is 0. The van der Waals surface area contributed by atoms with E-state index in [2.05, 4.69) is 4.90 Å². The molecule has 1 aliphatic rings. The van der Waals surface area contributed by atoms with Gasteiger partial charge in [-0.05, 0) is 31.3 Å². The van der Waals surface area contributed by atoms with Gasteiger partial charge in [-0.2, -0.15) is 0 Å². The van der Waals surface area contributed by atoms with Gasteiger partial charge in [0.2, 0.25) is 5.76 Å². The largest absolute Gasteiger partial charge is 0.497 e. The van der Waals surface area contributed by atoms with Gasteiger partial charge in [-0.25, -0.2) is 4.39 Å². The van der Waals surface area contributed by atoms with E-state index in [1.165, 1.54) is 13.2 Å². The molecule has 0 radical (unpaired) electrons. The van der Waals surface area contributed by atoms with Crippen LogP contribution in [0.4, 0.5) is 4.39 Å². The zero-order chi connectivity index (χ0) is 22.1. The second-order valence-corrected chi connectivity index (χ2v) is 7.49. The van der Waals surface area contributed by atoms with Crippen LogP contribution in [0.2, 0.25) is 0 Å². The molecular formula is C24H25FN2O4. The smallest absolute Gasteiger partial charge is 0.290 e. The molecule has 0 fully saturated rings. The van der Waals surface area contributed by atoms with E-state index < -0.39 is 17.8 Å². The van der Waals surface area contributed by atoms with Crippen molar-refractivity contribution in [2.24, 2.45) is 0 Å². The molecule has 2 heterocycles. The number of amides is 1. The van der Waals surface area contributed by atoms with Crippen molar-refractivity contribution in [1.82, 2.24) is 9.80 Å². The zero-order valence-electron chi connectivity index (χ0n) is 17.9. The van der Waals surface area contributed by atoms with Crippen molar-refractivity contribution in [3.05, 3.63) is 75.4 Å². The first kappa shape index (κ1) is 21.1. The Kier molecular flexibility index (Phi) is 5.78. The number of methoxy groups -OCH3 is 1. The molecule has 1 atom stereocenters. The Morgan fingerprint density at radius 3 is 2.55 bits per heavy atom. The van der Waals surface area contributed by atoms with Crippen LogP contribution in [0.5, 0.6) is 5.75 Å². The summed E-state index contributed by atoms with van der Waals surface area (Å²) < 4.78 is 25.9. The number of rotatable bonds is 7. The number of likely N-dealkylation sites (N-methyl/N-ethyl adjacent to an activating group) is 1. The first-order valence-corrected chi connectivity index (χ1v) is 10.4. The molecule has 2 aromatic carbocycles. The Hall–Kier alpha value is -3.19. The number of carbonyl (C=O) groups excluding carboxylic acids is 1. The van der Waals surface area contributed by atoms with Crippen LogP contribution < -0.4 is 10.2 Å². The summed E-state index contributed by atoms with van der Waals surface area (Å²) in [6, 6.07) is 10.3. The number of benzene rings is 2. The van der Waals surface area contributed by atoms with E-state index in [4.69, 9.17) is 9.15 Å². The standard InChI is InChI=1S/C24H25FN2O4/c1-4-26(5-2)12-13-27-21(16-8-6-7-9-18(16)25)20-22(28)17-11-10-15(30-3)14-19(17)31-23(20)24(27)29/h6-11,14,21H,4-5,12-13H2,1-3H3. The predicted molar refractivity (Wildman–Crippen MR) is 116 cm³/mol. The van der Waals surface area contributed by atoms with Crippen molar-refractivity contribution in [3.8, 4) is 5.75 Å². The fraction of sp³-hybridized carbons (Fsp3) is 0.333. The first-order valence-electron chi connectivity index (χ1n) is 10.4. The van der Waals surface area contributed by atoms with Crippen LogP contribution in [-0.4, -0.2) is 49.0 Å². The minimum Gasteiger partial charge on any atom is -0.497 e. The third-order valence-corrected chi connectivity index (χ3v) is 5.93. The van der Waals surface area contributed by atoms with Crippen molar-refractivity contribution in [2.45, 2.75) is 19.9 Å². The van der Waals surface area contributed by atoms with Gasteiger partial charge in [0.25, 0.3) is 5.91 Å². The van der Waals surface area contributed by atoms with Gasteiger partial charge in [0.05, 0.1) is 24.1 Å². The van der Waals surface area contributed by atoms with Crippen LogP contribution in [0.25, 0.3) is 11.0 Å². The van der Waals surface area contributed by atoms with Crippen molar-refractivity contribution in [2.75, 3.05) is 33.3 Å². The highest BCUT2D eigenvalue weighted by Gasteiger charge is 2.43. The molecule has 7 heteroatoms. The van der Waals surface area contributed by atoms with Gasteiger partial charge in [0.15, 0.2) is 5.43 Å². The average molecular weight is 424 g/mol. The van der Waals surface area contributed by atoms with Crippen molar-refractivity contribution in [1.29, 1.82) is 0 Å². The number of fused-ring (bicyclic) bond motifs is 2. The Bertz CT molecular complexity index is 1190. The van der Waals surface area contributed by atoms with Crippen LogP contribution in [0, 0.1) is 5.82 Å². The summed E-state index contributed by atoms with van der Waals surface area (Å²) in [6.07, 6.45) is 0. The van der Waals surface area contributed by atoms with Crippen LogP contribution in [0.1, 0.15) is 41.6 Å². The Morgan fingerprint density at radius 2 is 1.87 bits per heavy atom. The summed E-state index contributed by atoms with van der Waals surface area (Å²) in [6.45, 7) is 6.71. The Morgan fingerprint density at radius 1 is 1.13 bits per heavy atom. The normalized spacial score (nSPS) is 15.7. The Labute approximate surface area is 179 Å². The maximum atomic E-state index is 14.8. The summed E-state index contributed by atoms with van der Waals surface area (Å²) in [4.78, 5) is 30.5. The monoisotopic (exact) mass is 424 g/mol. The summed E-state index contributed by atoms with van der Waals surface area (Å²) in [5, 5.41) is 0.333. The fourth-order valence-electron chi connectivity index (χ4n) is 4.17. The lowest BCUT2D eigenvalue weighted by Crippen LogP contribution is -2.38. The predicted octanol–water partition coefficient (Wildman–Crippen LogP) is 3.83. The van der Waals surface area contributed by atoms with E-state index in [1.54, 1.807) is 41.3 Å². The minimum atomic E-state index is -0.831. The molecule has 0 saturated heterocycles. The van der Waals surface area contributed by atoms with E-state index >= 15 is 0 Å². The topological polar surface area (TPSA) is 63.0 Å². The van der Waals surface area contributed by atoms with E-state index in [-0.39, 0.29) is 27.9 Å². The molecular weight excluding hydrogens is 399 g/mol. The van der Waals surface area contributed by atoms with Crippen LogP contribution in [0.15, 0.2) is 51.7 Å². The molecule has 1 aliphatic heterocycles. The molecule has 4 rings (SSSR count). The molecule has 0 aliphatic carbocycles. The van der Waals surface area contributed by atoms with Gasteiger partial charge in [0.1, 0.15) is 17.1 Å². The third-order valence-electron chi connectivity index (χ3n) is 5.93. The number of hydrogen-bond acceptors (Lipinski definition) is 5. The summed E-state index contributed by atoms with van der Waals surface area (Å²) in [5.41, 5.74) is 0.418. The quantitative estimate of drug-likeness (QED) is 0.577. The highest BCUT2D eigenvalue weighted by molar-refractivity contribution is 5.99. The average Bonchev–Trinajstić information content (AvgIpc) is 3.06. The molecule has 1 unspecified atom stereocenters. The van der Waals surface area contributed by atoms with Gasteiger partial charge in [-0.15, -0.1) is 0 Å². The third kappa shape index (κ3) is 3.59. The fourth-order valence-corrected chi connectivity index (χ4v) is 4.17. The maximum absolute atomic E-state index is 14.8. The molecule has 1 aromatic heterocycles. The van der Waals surface area contributed by atoms with Crippen LogP contribution >= 0.6 is 0 Å². The van der Waals surface area contributed by atoms with Gasteiger partial charge >= 0.3 is 0 Å². The Balaban J connectivity index is 1.89. The molecule has 3 aromatic rings. The molecule has 162 valence electrons. The van der Waals surface area contributed by atoms with E-state index in [0.717, 1.165) is 13.1 Å². The lowest BCUT2D eigenvalue weighted by Gasteiger charge is -2.28. The maximum Gasteiger partial charge on any atom is 0.290 e. The van der Waals surface area contributed by atoms with Crippen molar-refractivity contribution in [3.63, 3.8) is 0 Å². The molecule has 0 spiro atoms. The number of halogens is 1. The van der Waals surface area contributed by atoms with Crippen molar-refractivity contribution < 1.29 is 18.3 Å². The molecule has 1 amide bonds. The highest BCUT2D eigenvalue weighted by atomic mass is 19.1. The molecule has 0 bridgehead atoms. The van der Waals surface area contributed by atoms with Gasteiger partial charge < -0.3 is 19.0 Å². The number of ether oxygens (including phenoxy) is 1. The van der Waals surface area contributed by atoms with E-state index in [9.17, 15) is 14.0 Å². The summed E-state index contributed by atoms with van der Waals surface area (Å²) >= 11 is 0. The highest BCUT2D eigenvalue weighted by Crippen LogP contribution is 2.39. The molecule has 0 N–H and O–H groups in total. The molecule has 6 nitrogen and oxygen atoms in total. The molecule has 0 saturated carbocycles. The second-order valence-electron chi connectivity index (χ2n) is 7.49. The van der Waals surface area contributed by atoms with E-state index in [1.807, 2.05) is 13.8 Å². The minimum absolute atomic E-state index is 0.0291. The second kappa shape index (κ2) is 8.51. The summed E-state index contributed by atoms with van der Waals surface area (Å²) in [5.74, 6) is -0.379. The van der Waals surface area contributed by atoms with Crippen LogP contribution in [0.3, 0.4) is 0 Å². The van der Waals surface area contributed by atoms with E-state index in [0.29, 0.717) is 24.2 Å². The first-order chi connectivity index (χ1) is 15.0. The van der Waals surface area contributed by atoms with Crippen LogP contribution in [-0.2, 0) is 0 Å². The number of nitrogens with zero attached hydrogens (tertiary/aromatic N) is 2. The van der Waals surface area contributed by atoms with Gasteiger partial charge in [-0.3, -0.25) is 9.59 Å². The van der Waals surface area contributed by atoms with Crippen molar-refractivity contribution >= 4 is 16.9 Å². The van der Waals surface area contributed by atoms with Gasteiger partial charge in [0, 0.05) is 24.7 Å².